The van der Waals surface area contributed by atoms with Gasteiger partial charge in [0.25, 0.3) is 0 Å². The number of hydrogen-bond donors (Lipinski definition) is 0. The first-order chi connectivity index (χ1) is 4.16. The van der Waals surface area contributed by atoms with Gasteiger partial charge in [-0.2, -0.15) is 0 Å². The van der Waals surface area contributed by atoms with E-state index < -0.39 is 11.9 Å². The molecule has 0 atom stereocenters. The molecule has 5 heteroatoms. The zero-order chi connectivity index (χ0) is 7.28. The normalized spacial score (nSPS) is 7.09. The van der Waals surface area contributed by atoms with Crippen LogP contribution >= 0.6 is 0 Å². The van der Waals surface area contributed by atoms with E-state index in [0.29, 0.717) is 12.8 Å². The van der Waals surface area contributed by atoms with Crippen molar-refractivity contribution >= 4 is 11.9 Å². The van der Waals surface area contributed by atoms with E-state index in [1.54, 1.807) is 0 Å². The van der Waals surface area contributed by atoms with Gasteiger partial charge in [0.1, 0.15) is 0 Å². The molecule has 3 nitrogen and oxygen atoms in total. The van der Waals surface area contributed by atoms with Crippen molar-refractivity contribution in [1.82, 2.24) is 0 Å². The van der Waals surface area contributed by atoms with E-state index in [2.05, 4.69) is 4.74 Å². The monoisotopic (exact) mass is 194 g/mol. The second-order valence-electron chi connectivity index (χ2n) is 1.72. The third-order valence-corrected chi connectivity index (χ3v) is 0.712. The number of esters is 2. The molecule has 0 aromatic rings. The Labute approximate surface area is 134 Å². The average Bonchev–Trinajstić information content (AvgIpc) is 1.63. The summed E-state index contributed by atoms with van der Waals surface area (Å²) in [5, 5.41) is 0. The molecule has 0 saturated heterocycles. The summed E-state index contributed by atoms with van der Waals surface area (Å²) >= 11 is 0. The van der Waals surface area contributed by atoms with Crippen molar-refractivity contribution in [2.45, 2.75) is 26.7 Å². The Morgan fingerprint density at radius 3 is 2.18 bits per heavy atom. The van der Waals surface area contributed by atoms with Crippen molar-refractivity contribution in [3.63, 3.8) is 0 Å². The predicted octanol–water partition coefficient (Wildman–Crippen LogP) is -4.89. The minimum absolute atomic E-state index is 0. The van der Waals surface area contributed by atoms with E-state index in [9.17, 15) is 9.59 Å². The summed E-state index contributed by atoms with van der Waals surface area (Å²) in [6.45, 7) is 3.06. The third kappa shape index (κ3) is 14.6. The summed E-state index contributed by atoms with van der Waals surface area (Å²) in [5.74, 6) is -0.974. The first-order valence-electron chi connectivity index (χ1n) is 2.88. The molecule has 11 heavy (non-hydrogen) atoms. The molecular weight excluding hydrogens is 182 g/mol. The Morgan fingerprint density at radius 2 is 1.91 bits per heavy atom. The van der Waals surface area contributed by atoms with Crippen molar-refractivity contribution in [3.05, 3.63) is 0 Å². The first kappa shape index (κ1) is 18.5. The van der Waals surface area contributed by atoms with Gasteiger partial charge in [-0.15, -0.1) is 0 Å². The van der Waals surface area contributed by atoms with E-state index in [4.69, 9.17) is 0 Å². The molecule has 0 radical (unpaired) electrons. The molecule has 0 bridgehead atoms. The molecule has 0 aliphatic carbocycles. The SMILES string of the molecule is CCCC(=O)OC(C)=O.[H-].[H-].[K+].[Na+]. The van der Waals surface area contributed by atoms with Crippen LogP contribution < -0.4 is 80.9 Å². The number of rotatable bonds is 2. The number of carbonyl (C=O) groups excluding carboxylic acids is 2. The van der Waals surface area contributed by atoms with Gasteiger partial charge in [0.2, 0.25) is 0 Å². The zero-order valence-electron chi connectivity index (χ0n) is 9.64. The fourth-order valence-electron chi connectivity index (χ4n) is 0.415. The molecule has 56 valence electrons. The maximum Gasteiger partial charge on any atom is 1.00 e. The van der Waals surface area contributed by atoms with Gasteiger partial charge in [-0.25, -0.2) is 0 Å². The minimum Gasteiger partial charge on any atom is -1.00 e. The standard InChI is InChI=1S/C6H10O3.K.Na.2H/c1-3-4-6(8)9-5(2)7;;;;/h3-4H2,1-2H3;;;;/q;2*+1;2*-1. The van der Waals surface area contributed by atoms with E-state index >= 15 is 0 Å². The number of ether oxygens (including phenoxy) is 1. The summed E-state index contributed by atoms with van der Waals surface area (Å²) < 4.78 is 4.21. The van der Waals surface area contributed by atoms with E-state index in [1.807, 2.05) is 6.92 Å². The van der Waals surface area contributed by atoms with Crippen LogP contribution in [0.1, 0.15) is 29.5 Å². The average molecular weight is 194 g/mol. The van der Waals surface area contributed by atoms with Crippen LogP contribution in [0.5, 0.6) is 0 Å². The topological polar surface area (TPSA) is 43.4 Å². The van der Waals surface area contributed by atoms with Crippen LogP contribution in [0.3, 0.4) is 0 Å². The molecule has 0 rings (SSSR count). The van der Waals surface area contributed by atoms with Crippen molar-refractivity contribution < 1.29 is 98.1 Å². The van der Waals surface area contributed by atoms with Crippen molar-refractivity contribution in [1.29, 1.82) is 0 Å². The fourth-order valence-corrected chi connectivity index (χ4v) is 0.415. The number of carbonyl (C=O) groups is 2. The zero-order valence-corrected chi connectivity index (χ0v) is 12.8. The molecule has 0 amide bonds. The Hall–Kier alpha value is 1.78. The van der Waals surface area contributed by atoms with Crippen molar-refractivity contribution in [2.75, 3.05) is 0 Å². The Morgan fingerprint density at radius 1 is 1.45 bits per heavy atom. The van der Waals surface area contributed by atoms with E-state index in [1.165, 1.54) is 6.92 Å². The van der Waals surface area contributed by atoms with Crippen LogP contribution in [0.4, 0.5) is 0 Å². The quantitative estimate of drug-likeness (QED) is 0.251. The van der Waals surface area contributed by atoms with Gasteiger partial charge in [-0.1, -0.05) is 6.92 Å². The van der Waals surface area contributed by atoms with Gasteiger partial charge < -0.3 is 7.59 Å². The van der Waals surface area contributed by atoms with Gasteiger partial charge in [0.15, 0.2) is 0 Å². The summed E-state index contributed by atoms with van der Waals surface area (Å²) in [6, 6.07) is 0. The van der Waals surface area contributed by atoms with Crippen LogP contribution in [-0.4, -0.2) is 11.9 Å². The van der Waals surface area contributed by atoms with Crippen LogP contribution in [0.15, 0.2) is 0 Å². The molecule has 0 spiro atoms. The molecule has 0 aliphatic rings. The van der Waals surface area contributed by atoms with Crippen molar-refractivity contribution in [2.24, 2.45) is 0 Å². The summed E-state index contributed by atoms with van der Waals surface area (Å²) in [7, 11) is 0. The Bertz CT molecular complexity index is 135. The minimum atomic E-state index is -0.534. The van der Waals surface area contributed by atoms with Crippen LogP contribution in [0, 0.1) is 0 Å². The fraction of sp³-hybridized carbons (Fsp3) is 0.667. The summed E-state index contributed by atoms with van der Waals surface area (Å²) in [6.07, 6.45) is 1.03. The van der Waals surface area contributed by atoms with Crippen molar-refractivity contribution in [3.8, 4) is 0 Å². The summed E-state index contributed by atoms with van der Waals surface area (Å²) in [5.41, 5.74) is 0. The molecule has 0 aliphatic heterocycles. The smallest absolute Gasteiger partial charge is 1.00 e. The molecular formula is C6H12KNaO3. The number of hydrogen-bond acceptors (Lipinski definition) is 3. The molecule has 0 fully saturated rings. The second kappa shape index (κ2) is 11.8. The second-order valence-corrected chi connectivity index (χ2v) is 1.72. The molecule has 0 aromatic carbocycles. The molecule has 0 N–H and O–H groups in total. The van der Waals surface area contributed by atoms with E-state index in [-0.39, 0.29) is 83.8 Å². The van der Waals surface area contributed by atoms with Gasteiger partial charge in [-0.05, 0) is 6.42 Å². The molecule has 0 heterocycles. The summed E-state index contributed by atoms with van der Waals surface area (Å²) in [4.78, 5) is 20.5. The molecule has 0 unspecified atom stereocenters. The predicted molar refractivity (Wildman–Crippen MR) is 33.9 cm³/mol. The van der Waals surface area contributed by atoms with Crippen LogP contribution in [-0.2, 0) is 14.3 Å². The third-order valence-electron chi connectivity index (χ3n) is 0.712. The van der Waals surface area contributed by atoms with Gasteiger partial charge in [-0.3, -0.25) is 9.59 Å². The first-order valence-corrected chi connectivity index (χ1v) is 2.88. The Balaban J connectivity index is -0.0000000533. The maximum absolute atomic E-state index is 10.4. The Kier molecular flexibility index (Phi) is 19.8. The van der Waals surface area contributed by atoms with Gasteiger partial charge >= 0.3 is 92.9 Å². The van der Waals surface area contributed by atoms with E-state index in [0.717, 1.165) is 0 Å². The molecule has 0 saturated carbocycles. The maximum atomic E-state index is 10.4. The molecule has 0 aromatic heterocycles. The van der Waals surface area contributed by atoms with Crippen LogP contribution in [0.25, 0.3) is 0 Å². The van der Waals surface area contributed by atoms with Gasteiger partial charge in [0, 0.05) is 13.3 Å². The van der Waals surface area contributed by atoms with Gasteiger partial charge in [0.05, 0.1) is 0 Å². The largest absolute Gasteiger partial charge is 1.00 e. The van der Waals surface area contributed by atoms with Crippen LogP contribution in [0.2, 0.25) is 0 Å².